The van der Waals surface area contributed by atoms with Gasteiger partial charge < -0.3 is 15.2 Å². The van der Waals surface area contributed by atoms with Gasteiger partial charge in [-0.05, 0) is 63.8 Å². The van der Waals surface area contributed by atoms with Crippen LogP contribution in [0.5, 0.6) is 5.75 Å². The molecule has 1 unspecified atom stereocenters. The quantitative estimate of drug-likeness (QED) is 0.790. The number of aryl methyl sites for hydroxylation is 3. The van der Waals surface area contributed by atoms with Crippen LogP contribution in [0.4, 0.5) is 0 Å². The fourth-order valence-electron chi connectivity index (χ4n) is 3.42. The van der Waals surface area contributed by atoms with E-state index in [1.807, 2.05) is 24.3 Å². The van der Waals surface area contributed by atoms with Gasteiger partial charge in [-0.2, -0.15) is 0 Å². The van der Waals surface area contributed by atoms with Crippen molar-refractivity contribution in [2.75, 3.05) is 13.7 Å². The lowest BCUT2D eigenvalue weighted by Crippen LogP contribution is -2.43. The Morgan fingerprint density at radius 1 is 1.08 bits per heavy atom. The fraction of sp³-hybridized carbons (Fsp3) is 0.455. The normalized spacial score (nSPS) is 12.9. The Labute approximate surface area is 152 Å². The number of hydrogen-bond acceptors (Lipinski definition) is 3. The van der Waals surface area contributed by atoms with Crippen LogP contribution < -0.4 is 10.1 Å². The first kappa shape index (κ1) is 19.5. The van der Waals surface area contributed by atoms with Gasteiger partial charge in [0, 0.05) is 17.6 Å². The van der Waals surface area contributed by atoms with E-state index in [2.05, 4.69) is 52.1 Å². The summed E-state index contributed by atoms with van der Waals surface area (Å²) in [5, 5.41) is 14.1. The minimum Gasteiger partial charge on any atom is -0.496 e. The van der Waals surface area contributed by atoms with E-state index in [0.717, 1.165) is 17.7 Å². The molecule has 0 amide bonds. The van der Waals surface area contributed by atoms with Crippen molar-refractivity contribution < 1.29 is 9.84 Å². The van der Waals surface area contributed by atoms with E-state index in [9.17, 15) is 5.11 Å². The van der Waals surface area contributed by atoms with E-state index in [1.165, 1.54) is 22.3 Å². The van der Waals surface area contributed by atoms with Crippen molar-refractivity contribution in [2.24, 2.45) is 0 Å². The molecular formula is C22H31NO2. The highest BCUT2D eigenvalue weighted by atomic mass is 16.5. The molecule has 1 atom stereocenters. The van der Waals surface area contributed by atoms with Gasteiger partial charge in [0.1, 0.15) is 5.75 Å². The maximum atomic E-state index is 10.6. The zero-order valence-electron chi connectivity index (χ0n) is 16.3. The average molecular weight is 341 g/mol. The number of methoxy groups -OCH3 is 1. The number of aliphatic hydroxyl groups excluding tert-OH is 1. The summed E-state index contributed by atoms with van der Waals surface area (Å²) in [6, 6.07) is 12.1. The standard InChI is InChI=1S/C22H31NO2/c1-15-11-16(2)19(17(3)12-15)13-22(4,5)23-14-20(24)18-9-7-8-10-21(18)25-6/h7-12,20,23-24H,13-14H2,1-6H3. The molecule has 0 radical (unpaired) electrons. The molecule has 0 aliphatic heterocycles. The van der Waals surface area contributed by atoms with Crippen molar-refractivity contribution in [3.63, 3.8) is 0 Å². The summed E-state index contributed by atoms with van der Waals surface area (Å²) in [5.74, 6) is 0.722. The lowest BCUT2D eigenvalue weighted by atomic mass is 9.88. The first-order chi connectivity index (χ1) is 11.7. The van der Waals surface area contributed by atoms with Crippen molar-refractivity contribution in [1.29, 1.82) is 0 Å². The maximum Gasteiger partial charge on any atom is 0.124 e. The number of nitrogens with one attached hydrogen (secondary N) is 1. The summed E-state index contributed by atoms with van der Waals surface area (Å²) >= 11 is 0. The molecule has 0 fully saturated rings. The lowest BCUT2D eigenvalue weighted by molar-refractivity contribution is 0.157. The Kier molecular flexibility index (Phi) is 6.26. The molecular weight excluding hydrogens is 310 g/mol. The fourth-order valence-corrected chi connectivity index (χ4v) is 3.42. The number of para-hydroxylation sites is 1. The number of β-amino-alcohol motifs (C(OH)–C–C–N with tert-alkyl or cyclic N) is 1. The van der Waals surface area contributed by atoms with Crippen LogP contribution in [0.25, 0.3) is 0 Å². The third-order valence-electron chi connectivity index (χ3n) is 4.73. The second kappa shape index (κ2) is 8.03. The van der Waals surface area contributed by atoms with E-state index in [1.54, 1.807) is 7.11 Å². The Bertz CT molecular complexity index is 699. The molecule has 3 nitrogen and oxygen atoms in total. The molecule has 0 saturated carbocycles. The van der Waals surface area contributed by atoms with Gasteiger partial charge in [-0.1, -0.05) is 35.9 Å². The molecule has 136 valence electrons. The van der Waals surface area contributed by atoms with Crippen LogP contribution in [-0.4, -0.2) is 24.3 Å². The third kappa shape index (κ3) is 5.07. The van der Waals surface area contributed by atoms with Gasteiger partial charge in [0.05, 0.1) is 13.2 Å². The lowest BCUT2D eigenvalue weighted by Gasteiger charge is -2.30. The maximum absolute atomic E-state index is 10.6. The molecule has 0 saturated heterocycles. The number of ether oxygens (including phenoxy) is 1. The van der Waals surface area contributed by atoms with E-state index < -0.39 is 6.10 Å². The van der Waals surface area contributed by atoms with E-state index in [-0.39, 0.29) is 5.54 Å². The smallest absolute Gasteiger partial charge is 0.124 e. The van der Waals surface area contributed by atoms with E-state index in [4.69, 9.17) is 4.74 Å². The van der Waals surface area contributed by atoms with Crippen molar-refractivity contribution in [3.8, 4) is 5.75 Å². The third-order valence-corrected chi connectivity index (χ3v) is 4.73. The van der Waals surface area contributed by atoms with Crippen molar-refractivity contribution in [1.82, 2.24) is 5.32 Å². The van der Waals surface area contributed by atoms with Gasteiger partial charge in [-0.15, -0.1) is 0 Å². The van der Waals surface area contributed by atoms with Gasteiger partial charge >= 0.3 is 0 Å². The molecule has 2 N–H and O–H groups in total. The van der Waals surface area contributed by atoms with Gasteiger partial charge in [0.15, 0.2) is 0 Å². The first-order valence-corrected chi connectivity index (χ1v) is 8.86. The Balaban J connectivity index is 2.06. The van der Waals surface area contributed by atoms with Crippen LogP contribution >= 0.6 is 0 Å². The van der Waals surface area contributed by atoms with E-state index in [0.29, 0.717) is 6.54 Å². The molecule has 0 aliphatic rings. The highest BCUT2D eigenvalue weighted by molar-refractivity contribution is 5.38. The summed E-state index contributed by atoms with van der Waals surface area (Å²) < 4.78 is 5.35. The Morgan fingerprint density at radius 3 is 2.28 bits per heavy atom. The number of aliphatic hydroxyl groups is 1. The summed E-state index contributed by atoms with van der Waals surface area (Å²) in [6.45, 7) is 11.3. The molecule has 0 spiro atoms. The predicted octanol–water partition coefficient (Wildman–Crippen LogP) is 4.26. The Hall–Kier alpha value is -1.84. The molecule has 2 aromatic rings. The molecule has 0 aromatic heterocycles. The molecule has 2 rings (SSSR count). The summed E-state index contributed by atoms with van der Waals surface area (Å²) in [4.78, 5) is 0. The van der Waals surface area contributed by atoms with Gasteiger partial charge in [-0.3, -0.25) is 0 Å². The summed E-state index contributed by atoms with van der Waals surface area (Å²) in [6.07, 6.45) is 0.319. The zero-order valence-corrected chi connectivity index (χ0v) is 16.3. The number of benzene rings is 2. The van der Waals surface area contributed by atoms with Crippen LogP contribution in [0, 0.1) is 20.8 Å². The summed E-state index contributed by atoms with van der Waals surface area (Å²) in [5.41, 5.74) is 6.05. The van der Waals surface area contributed by atoms with Gasteiger partial charge in [0.2, 0.25) is 0 Å². The minimum atomic E-state index is -0.601. The largest absolute Gasteiger partial charge is 0.496 e. The van der Waals surface area contributed by atoms with Crippen LogP contribution in [0.3, 0.4) is 0 Å². The average Bonchev–Trinajstić information content (AvgIpc) is 2.56. The highest BCUT2D eigenvalue weighted by Crippen LogP contribution is 2.26. The number of hydrogen-bond donors (Lipinski definition) is 2. The molecule has 0 aliphatic carbocycles. The molecule has 0 bridgehead atoms. The summed E-state index contributed by atoms with van der Waals surface area (Å²) in [7, 11) is 1.63. The van der Waals surface area contributed by atoms with Crippen molar-refractivity contribution in [3.05, 3.63) is 64.2 Å². The topological polar surface area (TPSA) is 41.5 Å². The Morgan fingerprint density at radius 2 is 1.68 bits per heavy atom. The molecule has 2 aromatic carbocycles. The minimum absolute atomic E-state index is 0.117. The van der Waals surface area contributed by atoms with Crippen molar-refractivity contribution >= 4 is 0 Å². The van der Waals surface area contributed by atoms with Crippen LogP contribution in [0.1, 0.15) is 47.8 Å². The van der Waals surface area contributed by atoms with Crippen LogP contribution in [-0.2, 0) is 6.42 Å². The number of rotatable bonds is 7. The van der Waals surface area contributed by atoms with E-state index >= 15 is 0 Å². The highest BCUT2D eigenvalue weighted by Gasteiger charge is 2.22. The van der Waals surface area contributed by atoms with Crippen molar-refractivity contribution in [2.45, 2.75) is 52.7 Å². The molecule has 3 heteroatoms. The second-order valence-electron chi connectivity index (χ2n) is 7.58. The van der Waals surface area contributed by atoms with Gasteiger partial charge in [0.25, 0.3) is 0 Å². The molecule has 0 heterocycles. The predicted molar refractivity (Wildman–Crippen MR) is 104 cm³/mol. The SMILES string of the molecule is COc1ccccc1C(O)CNC(C)(C)Cc1c(C)cc(C)cc1C. The van der Waals surface area contributed by atoms with Crippen LogP contribution in [0.15, 0.2) is 36.4 Å². The zero-order chi connectivity index (χ0) is 18.6. The second-order valence-corrected chi connectivity index (χ2v) is 7.58. The molecule has 25 heavy (non-hydrogen) atoms. The first-order valence-electron chi connectivity index (χ1n) is 8.86. The van der Waals surface area contributed by atoms with Crippen LogP contribution in [0.2, 0.25) is 0 Å². The monoisotopic (exact) mass is 341 g/mol. The van der Waals surface area contributed by atoms with Gasteiger partial charge in [-0.25, -0.2) is 0 Å².